The van der Waals surface area contributed by atoms with Crippen molar-refractivity contribution in [3.8, 4) is 11.3 Å². The molecule has 0 radical (unpaired) electrons. The Hall–Kier alpha value is -2.56. The Morgan fingerprint density at radius 3 is 2.84 bits per heavy atom. The van der Waals surface area contributed by atoms with Crippen LogP contribution in [0.3, 0.4) is 0 Å². The van der Waals surface area contributed by atoms with E-state index >= 15 is 0 Å². The standard InChI is InChI=1S/C19H14Cl2N2O2/c20-16-5-1-4-15(19(16)21)17-8-6-14(25-17)7-9-18(24)23-12-13-3-2-10-22-11-13/h1-11H,12H2,(H,23,24)/b9-7-. The van der Waals surface area contributed by atoms with Crippen LogP contribution < -0.4 is 5.32 Å². The van der Waals surface area contributed by atoms with Gasteiger partial charge in [-0.05, 0) is 42.0 Å². The highest BCUT2D eigenvalue weighted by atomic mass is 35.5. The van der Waals surface area contributed by atoms with Crippen molar-refractivity contribution in [2.24, 2.45) is 0 Å². The first-order valence-corrected chi connectivity index (χ1v) is 8.28. The predicted molar refractivity (Wildman–Crippen MR) is 99.3 cm³/mol. The maximum atomic E-state index is 11.9. The number of benzene rings is 1. The third-order valence-electron chi connectivity index (χ3n) is 3.43. The van der Waals surface area contributed by atoms with Crippen LogP contribution in [0, 0.1) is 0 Å². The van der Waals surface area contributed by atoms with Gasteiger partial charge in [-0.3, -0.25) is 9.78 Å². The fraction of sp³-hybridized carbons (Fsp3) is 0.0526. The average Bonchev–Trinajstić information content (AvgIpc) is 3.10. The fourth-order valence-corrected chi connectivity index (χ4v) is 2.58. The Labute approximate surface area is 155 Å². The molecule has 1 aromatic carbocycles. The molecule has 0 aliphatic carbocycles. The van der Waals surface area contributed by atoms with Crippen LogP contribution in [0.25, 0.3) is 17.4 Å². The summed E-state index contributed by atoms with van der Waals surface area (Å²) in [6, 6.07) is 12.6. The van der Waals surface area contributed by atoms with E-state index in [1.807, 2.05) is 18.2 Å². The molecule has 0 aliphatic rings. The second-order valence-electron chi connectivity index (χ2n) is 5.22. The highest BCUT2D eigenvalue weighted by molar-refractivity contribution is 6.43. The third kappa shape index (κ3) is 4.50. The van der Waals surface area contributed by atoms with E-state index in [0.29, 0.717) is 33.7 Å². The summed E-state index contributed by atoms with van der Waals surface area (Å²) in [5.41, 5.74) is 1.63. The first kappa shape index (κ1) is 17.3. The Kier molecular flexibility index (Phi) is 5.53. The molecule has 0 bridgehead atoms. The number of furan rings is 1. The average molecular weight is 373 g/mol. The zero-order chi connectivity index (χ0) is 17.6. The number of carbonyl (C=O) groups excluding carboxylic acids is 1. The molecule has 2 heterocycles. The van der Waals surface area contributed by atoms with Crippen molar-refractivity contribution in [2.45, 2.75) is 6.54 Å². The summed E-state index contributed by atoms with van der Waals surface area (Å²) in [7, 11) is 0. The van der Waals surface area contributed by atoms with Crippen molar-refractivity contribution >= 4 is 35.2 Å². The molecule has 1 amide bonds. The van der Waals surface area contributed by atoms with Crippen molar-refractivity contribution in [1.29, 1.82) is 0 Å². The summed E-state index contributed by atoms with van der Waals surface area (Å²) in [5.74, 6) is 0.910. The van der Waals surface area contributed by atoms with E-state index in [9.17, 15) is 4.79 Å². The lowest BCUT2D eigenvalue weighted by atomic mass is 10.2. The van der Waals surface area contributed by atoms with Gasteiger partial charge in [-0.15, -0.1) is 0 Å². The van der Waals surface area contributed by atoms with Crippen molar-refractivity contribution in [1.82, 2.24) is 10.3 Å². The Morgan fingerprint density at radius 1 is 1.16 bits per heavy atom. The van der Waals surface area contributed by atoms with Gasteiger partial charge in [-0.2, -0.15) is 0 Å². The molecule has 0 fully saturated rings. The third-order valence-corrected chi connectivity index (χ3v) is 4.25. The lowest BCUT2D eigenvalue weighted by molar-refractivity contribution is -0.116. The summed E-state index contributed by atoms with van der Waals surface area (Å²) >= 11 is 12.2. The largest absolute Gasteiger partial charge is 0.457 e. The lowest BCUT2D eigenvalue weighted by Gasteiger charge is -2.02. The van der Waals surface area contributed by atoms with E-state index in [1.54, 1.807) is 42.7 Å². The van der Waals surface area contributed by atoms with Crippen LogP contribution in [0.15, 0.2) is 65.4 Å². The van der Waals surface area contributed by atoms with Crippen LogP contribution in [-0.2, 0) is 11.3 Å². The molecule has 25 heavy (non-hydrogen) atoms. The second-order valence-corrected chi connectivity index (χ2v) is 6.00. The molecule has 4 nitrogen and oxygen atoms in total. The molecule has 126 valence electrons. The maximum Gasteiger partial charge on any atom is 0.244 e. The van der Waals surface area contributed by atoms with Crippen LogP contribution in [0.2, 0.25) is 10.0 Å². The molecular weight excluding hydrogens is 359 g/mol. The van der Waals surface area contributed by atoms with E-state index in [-0.39, 0.29) is 5.91 Å². The molecule has 2 aromatic heterocycles. The number of rotatable bonds is 5. The number of nitrogens with zero attached hydrogens (tertiary/aromatic N) is 1. The van der Waals surface area contributed by atoms with Crippen LogP contribution in [0.1, 0.15) is 11.3 Å². The van der Waals surface area contributed by atoms with Gasteiger partial charge in [0, 0.05) is 30.6 Å². The van der Waals surface area contributed by atoms with Crippen molar-refractivity contribution in [3.63, 3.8) is 0 Å². The van der Waals surface area contributed by atoms with E-state index in [1.165, 1.54) is 6.08 Å². The minimum absolute atomic E-state index is 0.220. The second kappa shape index (κ2) is 8.01. The number of halogens is 2. The summed E-state index contributed by atoms with van der Waals surface area (Å²) in [6.45, 7) is 0.415. The molecule has 0 saturated carbocycles. The first-order valence-electron chi connectivity index (χ1n) is 7.52. The summed E-state index contributed by atoms with van der Waals surface area (Å²) in [5, 5.41) is 3.67. The molecule has 0 aliphatic heterocycles. The number of amides is 1. The van der Waals surface area contributed by atoms with Crippen molar-refractivity contribution in [2.75, 3.05) is 0 Å². The fourth-order valence-electron chi connectivity index (χ4n) is 2.19. The van der Waals surface area contributed by atoms with Gasteiger partial charge in [0.05, 0.1) is 10.0 Å². The number of hydrogen-bond donors (Lipinski definition) is 1. The number of carbonyl (C=O) groups is 1. The van der Waals surface area contributed by atoms with Gasteiger partial charge in [0.15, 0.2) is 0 Å². The van der Waals surface area contributed by atoms with Crippen molar-refractivity contribution < 1.29 is 9.21 Å². The molecule has 0 atom stereocenters. The molecule has 3 aromatic rings. The number of nitrogens with one attached hydrogen (secondary N) is 1. The Bertz CT molecular complexity index is 905. The van der Waals surface area contributed by atoms with E-state index in [4.69, 9.17) is 27.6 Å². The van der Waals surface area contributed by atoms with E-state index in [2.05, 4.69) is 10.3 Å². The summed E-state index contributed by atoms with van der Waals surface area (Å²) in [4.78, 5) is 15.9. The minimum Gasteiger partial charge on any atom is -0.457 e. The molecule has 0 unspecified atom stereocenters. The van der Waals surface area contributed by atoms with Gasteiger partial charge >= 0.3 is 0 Å². The van der Waals surface area contributed by atoms with Crippen molar-refractivity contribution in [3.05, 3.63) is 82.3 Å². The monoisotopic (exact) mass is 372 g/mol. The zero-order valence-electron chi connectivity index (χ0n) is 13.1. The van der Waals surface area contributed by atoms with Crippen LogP contribution in [-0.4, -0.2) is 10.9 Å². The minimum atomic E-state index is -0.220. The summed E-state index contributed by atoms with van der Waals surface area (Å²) in [6.07, 6.45) is 6.41. The zero-order valence-corrected chi connectivity index (χ0v) is 14.6. The van der Waals surface area contributed by atoms with Gasteiger partial charge < -0.3 is 9.73 Å². The maximum absolute atomic E-state index is 11.9. The topological polar surface area (TPSA) is 55.1 Å². The van der Waals surface area contributed by atoms with Gasteiger partial charge in [0.1, 0.15) is 11.5 Å². The number of hydrogen-bond acceptors (Lipinski definition) is 3. The number of aromatic nitrogens is 1. The van der Waals surface area contributed by atoms with Gasteiger partial charge in [0.25, 0.3) is 0 Å². The molecule has 1 N–H and O–H groups in total. The Balaban J connectivity index is 1.63. The normalized spacial score (nSPS) is 11.0. The highest BCUT2D eigenvalue weighted by Gasteiger charge is 2.10. The molecule has 3 rings (SSSR count). The van der Waals surface area contributed by atoms with Gasteiger partial charge in [-0.1, -0.05) is 35.3 Å². The van der Waals surface area contributed by atoms with Gasteiger partial charge in [0.2, 0.25) is 5.91 Å². The van der Waals surface area contributed by atoms with Crippen LogP contribution in [0.5, 0.6) is 0 Å². The van der Waals surface area contributed by atoms with Crippen LogP contribution >= 0.6 is 23.2 Å². The smallest absolute Gasteiger partial charge is 0.244 e. The molecule has 0 saturated heterocycles. The Morgan fingerprint density at radius 2 is 2.04 bits per heavy atom. The molecule has 0 spiro atoms. The van der Waals surface area contributed by atoms with Crippen LogP contribution in [0.4, 0.5) is 0 Å². The van der Waals surface area contributed by atoms with E-state index < -0.39 is 0 Å². The quantitative estimate of drug-likeness (QED) is 0.642. The SMILES string of the molecule is O=C(/C=C\c1ccc(-c2cccc(Cl)c2Cl)o1)NCc1cccnc1. The highest BCUT2D eigenvalue weighted by Crippen LogP contribution is 2.34. The molecular formula is C19H14Cl2N2O2. The van der Waals surface area contributed by atoms with Gasteiger partial charge in [-0.25, -0.2) is 0 Å². The predicted octanol–water partition coefficient (Wildman–Crippen LogP) is 4.98. The number of pyridine rings is 1. The van der Waals surface area contributed by atoms with E-state index in [0.717, 1.165) is 5.56 Å². The first-order chi connectivity index (χ1) is 12.1. The molecule has 6 heteroatoms. The lowest BCUT2D eigenvalue weighted by Crippen LogP contribution is -2.20. The summed E-state index contributed by atoms with van der Waals surface area (Å²) < 4.78 is 5.70.